The second-order valence-corrected chi connectivity index (χ2v) is 3.57. The molecule has 0 heterocycles. The normalized spacial score (nSPS) is 10.3. The first-order valence-electron chi connectivity index (χ1n) is 5.03. The van der Waals surface area contributed by atoms with Gasteiger partial charge in [0.15, 0.2) is 0 Å². The van der Waals surface area contributed by atoms with Crippen LogP contribution in [0.2, 0.25) is 5.02 Å². The van der Waals surface area contributed by atoms with Crippen LogP contribution in [0, 0.1) is 0 Å². The van der Waals surface area contributed by atoms with Crippen molar-refractivity contribution in [1.29, 1.82) is 0 Å². The predicted octanol–water partition coefficient (Wildman–Crippen LogP) is 1.69. The minimum absolute atomic E-state index is 0.224. The first-order valence-corrected chi connectivity index (χ1v) is 5.40. The summed E-state index contributed by atoms with van der Waals surface area (Å²) in [5, 5.41) is 12.4. The molecule has 0 amide bonds. The van der Waals surface area contributed by atoms with Crippen LogP contribution in [0.4, 0.5) is 0 Å². The second kappa shape index (κ2) is 7.51. The smallest absolute Gasteiger partial charge is 0.120 e. The first kappa shape index (κ1) is 12.3. The Labute approximate surface area is 95.0 Å². The third kappa shape index (κ3) is 5.62. The highest BCUT2D eigenvalue weighted by Gasteiger charge is 1.94. The lowest BCUT2D eigenvalue weighted by Crippen LogP contribution is -2.22. The van der Waals surface area contributed by atoms with E-state index < -0.39 is 0 Å². The Kier molecular flexibility index (Phi) is 6.16. The monoisotopic (exact) mass is 229 g/mol. The molecular weight excluding hydrogens is 214 g/mol. The van der Waals surface area contributed by atoms with Gasteiger partial charge in [-0.1, -0.05) is 17.7 Å². The zero-order chi connectivity index (χ0) is 10.9. The summed E-state index contributed by atoms with van der Waals surface area (Å²) < 4.78 is 5.46. The Morgan fingerprint density at radius 3 is 2.93 bits per heavy atom. The molecule has 0 unspecified atom stereocenters. The van der Waals surface area contributed by atoms with Crippen molar-refractivity contribution >= 4 is 11.6 Å². The van der Waals surface area contributed by atoms with E-state index in [0.29, 0.717) is 11.6 Å². The van der Waals surface area contributed by atoms with Crippen LogP contribution in [0.1, 0.15) is 6.42 Å². The van der Waals surface area contributed by atoms with Gasteiger partial charge in [-0.3, -0.25) is 0 Å². The van der Waals surface area contributed by atoms with Gasteiger partial charge < -0.3 is 15.2 Å². The molecule has 1 rings (SSSR count). The van der Waals surface area contributed by atoms with Crippen molar-refractivity contribution in [2.75, 3.05) is 26.3 Å². The highest BCUT2D eigenvalue weighted by atomic mass is 35.5. The molecule has 15 heavy (non-hydrogen) atoms. The molecule has 0 fully saturated rings. The topological polar surface area (TPSA) is 41.5 Å². The SMILES string of the molecule is OCCCNCCOc1cccc(Cl)c1. The number of nitrogens with one attached hydrogen (secondary N) is 1. The lowest BCUT2D eigenvalue weighted by atomic mass is 10.3. The molecule has 0 aliphatic rings. The molecule has 1 aromatic carbocycles. The third-order valence-electron chi connectivity index (χ3n) is 1.86. The molecule has 0 radical (unpaired) electrons. The Morgan fingerprint density at radius 1 is 1.33 bits per heavy atom. The number of benzene rings is 1. The lowest BCUT2D eigenvalue weighted by molar-refractivity contribution is 0.279. The maximum Gasteiger partial charge on any atom is 0.120 e. The second-order valence-electron chi connectivity index (χ2n) is 3.13. The summed E-state index contributed by atoms with van der Waals surface area (Å²) in [5.74, 6) is 0.784. The van der Waals surface area contributed by atoms with Gasteiger partial charge in [-0.25, -0.2) is 0 Å². The van der Waals surface area contributed by atoms with Crippen molar-refractivity contribution in [3.05, 3.63) is 29.3 Å². The fraction of sp³-hybridized carbons (Fsp3) is 0.455. The Bertz CT molecular complexity index is 281. The van der Waals surface area contributed by atoms with Crippen LogP contribution < -0.4 is 10.1 Å². The third-order valence-corrected chi connectivity index (χ3v) is 2.09. The number of hydrogen-bond donors (Lipinski definition) is 2. The van der Waals surface area contributed by atoms with Crippen LogP contribution in [0.15, 0.2) is 24.3 Å². The number of hydrogen-bond acceptors (Lipinski definition) is 3. The molecule has 0 atom stereocenters. The number of rotatable bonds is 7. The molecule has 0 aliphatic heterocycles. The predicted molar refractivity (Wildman–Crippen MR) is 61.5 cm³/mol. The fourth-order valence-electron chi connectivity index (χ4n) is 1.13. The molecule has 1 aromatic rings. The molecule has 0 saturated carbocycles. The maximum atomic E-state index is 8.55. The summed E-state index contributed by atoms with van der Waals surface area (Å²) in [4.78, 5) is 0. The van der Waals surface area contributed by atoms with E-state index in [-0.39, 0.29) is 6.61 Å². The van der Waals surface area contributed by atoms with E-state index in [4.69, 9.17) is 21.4 Å². The van der Waals surface area contributed by atoms with Crippen molar-refractivity contribution in [1.82, 2.24) is 5.32 Å². The van der Waals surface area contributed by atoms with Gasteiger partial charge >= 0.3 is 0 Å². The summed E-state index contributed by atoms with van der Waals surface area (Å²) in [7, 11) is 0. The lowest BCUT2D eigenvalue weighted by Gasteiger charge is -2.07. The van der Waals surface area contributed by atoms with E-state index >= 15 is 0 Å². The average molecular weight is 230 g/mol. The molecule has 84 valence electrons. The van der Waals surface area contributed by atoms with E-state index in [1.54, 1.807) is 6.07 Å². The van der Waals surface area contributed by atoms with Gasteiger partial charge in [0, 0.05) is 18.2 Å². The minimum atomic E-state index is 0.224. The molecule has 2 N–H and O–H groups in total. The van der Waals surface area contributed by atoms with Crippen LogP contribution in [-0.2, 0) is 0 Å². The number of aliphatic hydroxyl groups excluding tert-OH is 1. The molecule has 3 nitrogen and oxygen atoms in total. The van der Waals surface area contributed by atoms with E-state index in [2.05, 4.69) is 5.32 Å². The minimum Gasteiger partial charge on any atom is -0.492 e. The number of halogens is 1. The molecule has 0 spiro atoms. The van der Waals surface area contributed by atoms with Crippen molar-refractivity contribution in [3.8, 4) is 5.75 Å². The average Bonchev–Trinajstić information content (AvgIpc) is 2.23. The Hall–Kier alpha value is -0.770. The van der Waals surface area contributed by atoms with Crippen LogP contribution in [-0.4, -0.2) is 31.4 Å². The molecular formula is C11H16ClNO2. The summed E-state index contributed by atoms with van der Waals surface area (Å²) in [6, 6.07) is 7.33. The molecule has 4 heteroatoms. The van der Waals surface area contributed by atoms with E-state index in [1.807, 2.05) is 18.2 Å². The van der Waals surface area contributed by atoms with Gasteiger partial charge in [-0.15, -0.1) is 0 Å². The van der Waals surface area contributed by atoms with E-state index in [9.17, 15) is 0 Å². The Morgan fingerprint density at radius 2 is 2.20 bits per heavy atom. The van der Waals surface area contributed by atoms with Gasteiger partial charge in [0.2, 0.25) is 0 Å². The summed E-state index contributed by atoms with van der Waals surface area (Å²) in [6.45, 7) is 2.41. The van der Waals surface area contributed by atoms with Crippen LogP contribution in [0.5, 0.6) is 5.75 Å². The van der Waals surface area contributed by atoms with Crippen LogP contribution in [0.25, 0.3) is 0 Å². The van der Waals surface area contributed by atoms with E-state index in [1.165, 1.54) is 0 Å². The largest absolute Gasteiger partial charge is 0.492 e. The quantitative estimate of drug-likeness (QED) is 0.700. The van der Waals surface area contributed by atoms with E-state index in [0.717, 1.165) is 25.3 Å². The van der Waals surface area contributed by atoms with Gasteiger partial charge in [0.05, 0.1) is 0 Å². The summed E-state index contributed by atoms with van der Waals surface area (Å²) in [5.41, 5.74) is 0. The van der Waals surface area contributed by atoms with Gasteiger partial charge in [-0.05, 0) is 31.2 Å². The zero-order valence-corrected chi connectivity index (χ0v) is 9.33. The van der Waals surface area contributed by atoms with Crippen LogP contribution in [0.3, 0.4) is 0 Å². The maximum absolute atomic E-state index is 8.55. The Balaban J connectivity index is 2.10. The first-order chi connectivity index (χ1) is 7.33. The molecule has 0 aromatic heterocycles. The van der Waals surface area contributed by atoms with Crippen molar-refractivity contribution in [3.63, 3.8) is 0 Å². The van der Waals surface area contributed by atoms with Crippen LogP contribution >= 0.6 is 11.6 Å². The summed E-state index contributed by atoms with van der Waals surface area (Å²) >= 11 is 5.80. The van der Waals surface area contributed by atoms with Gasteiger partial charge in [-0.2, -0.15) is 0 Å². The highest BCUT2D eigenvalue weighted by molar-refractivity contribution is 6.30. The van der Waals surface area contributed by atoms with Gasteiger partial charge in [0.1, 0.15) is 12.4 Å². The standard InChI is InChI=1S/C11H16ClNO2/c12-10-3-1-4-11(9-10)15-8-6-13-5-2-7-14/h1,3-4,9,13-14H,2,5-8H2. The van der Waals surface area contributed by atoms with Gasteiger partial charge in [0.25, 0.3) is 0 Å². The number of aliphatic hydroxyl groups is 1. The molecule has 0 aliphatic carbocycles. The van der Waals surface area contributed by atoms with Crippen molar-refractivity contribution in [2.24, 2.45) is 0 Å². The summed E-state index contributed by atoms with van der Waals surface area (Å²) in [6.07, 6.45) is 0.775. The fourth-order valence-corrected chi connectivity index (χ4v) is 1.31. The molecule has 0 saturated heterocycles. The number of ether oxygens (including phenoxy) is 1. The van der Waals surface area contributed by atoms with Crippen molar-refractivity contribution < 1.29 is 9.84 Å². The zero-order valence-electron chi connectivity index (χ0n) is 8.58. The molecule has 0 bridgehead atoms. The van der Waals surface area contributed by atoms with Crippen molar-refractivity contribution in [2.45, 2.75) is 6.42 Å². The highest BCUT2D eigenvalue weighted by Crippen LogP contribution is 2.16.